The molecule has 2 N–H and O–H groups in total. The van der Waals surface area contributed by atoms with Gasteiger partial charge in [-0.05, 0) is 19.1 Å². The van der Waals surface area contributed by atoms with E-state index < -0.39 is 6.04 Å². The van der Waals surface area contributed by atoms with E-state index >= 15 is 0 Å². The Labute approximate surface area is 93.1 Å². The molecule has 1 unspecified atom stereocenters. The molecule has 16 heavy (non-hydrogen) atoms. The predicted octanol–water partition coefficient (Wildman–Crippen LogP) is 1.87. The fraction of sp³-hybridized carbons (Fsp3) is 0.167. The summed E-state index contributed by atoms with van der Waals surface area (Å²) < 4.78 is 5.15. The van der Waals surface area contributed by atoms with Crippen molar-refractivity contribution in [2.75, 3.05) is 0 Å². The number of hydrogen-bond acceptors (Lipinski definition) is 4. The molecule has 0 spiro atoms. The minimum Gasteiger partial charge on any atom is -0.445 e. The van der Waals surface area contributed by atoms with Gasteiger partial charge >= 0.3 is 0 Å². The van der Waals surface area contributed by atoms with Gasteiger partial charge in [-0.1, -0.05) is 12.1 Å². The van der Waals surface area contributed by atoms with Gasteiger partial charge < -0.3 is 10.2 Å². The molecule has 0 fully saturated rings. The Morgan fingerprint density at radius 1 is 1.38 bits per heavy atom. The Morgan fingerprint density at radius 3 is 2.56 bits per heavy atom. The number of carbonyl (C=O) groups excluding carboxylic acids is 1. The normalized spacial score (nSPS) is 12.4. The van der Waals surface area contributed by atoms with Crippen LogP contribution in [0.2, 0.25) is 0 Å². The molecule has 1 atom stereocenters. The van der Waals surface area contributed by atoms with Crippen LogP contribution in [0.3, 0.4) is 0 Å². The zero-order chi connectivity index (χ0) is 11.5. The summed E-state index contributed by atoms with van der Waals surface area (Å²) >= 11 is 0. The number of oxazole rings is 1. The molecule has 4 heteroatoms. The van der Waals surface area contributed by atoms with Crippen molar-refractivity contribution in [2.45, 2.75) is 13.0 Å². The number of nitrogens with two attached hydrogens (primary N) is 1. The van der Waals surface area contributed by atoms with Crippen molar-refractivity contribution < 1.29 is 9.21 Å². The number of rotatable bonds is 3. The van der Waals surface area contributed by atoms with E-state index in [0.717, 1.165) is 5.56 Å². The van der Waals surface area contributed by atoms with E-state index in [9.17, 15) is 4.79 Å². The molecule has 2 rings (SSSR count). The van der Waals surface area contributed by atoms with E-state index in [1.54, 1.807) is 37.4 Å². The summed E-state index contributed by atoms with van der Waals surface area (Å²) in [4.78, 5) is 15.6. The summed E-state index contributed by atoms with van der Waals surface area (Å²) in [5.74, 6) is 0.471. The Morgan fingerprint density at radius 2 is 2.06 bits per heavy atom. The fourth-order valence-corrected chi connectivity index (χ4v) is 1.41. The highest BCUT2D eigenvalue weighted by Gasteiger charge is 2.11. The average Bonchev–Trinajstić information content (AvgIpc) is 2.81. The zero-order valence-electron chi connectivity index (χ0n) is 8.88. The number of benzene rings is 1. The lowest BCUT2D eigenvalue weighted by atomic mass is 10.0. The topological polar surface area (TPSA) is 69.1 Å². The molecule has 1 aromatic carbocycles. The third-order valence-corrected chi connectivity index (χ3v) is 2.26. The fourth-order valence-electron chi connectivity index (χ4n) is 1.41. The SMILES string of the molecule is CC(N)C(=O)c1ccc(-c2ncco2)cc1. The second kappa shape index (κ2) is 4.28. The molecule has 0 saturated heterocycles. The van der Waals surface area contributed by atoms with Gasteiger partial charge in [0.25, 0.3) is 0 Å². The minimum atomic E-state index is -0.479. The Hall–Kier alpha value is -1.94. The van der Waals surface area contributed by atoms with Crippen LogP contribution in [0.4, 0.5) is 0 Å². The monoisotopic (exact) mass is 216 g/mol. The van der Waals surface area contributed by atoms with Crippen molar-refractivity contribution in [1.82, 2.24) is 4.98 Å². The van der Waals surface area contributed by atoms with E-state index in [4.69, 9.17) is 10.2 Å². The van der Waals surface area contributed by atoms with Crippen molar-refractivity contribution >= 4 is 5.78 Å². The van der Waals surface area contributed by atoms with Crippen LogP contribution in [0.15, 0.2) is 41.1 Å². The van der Waals surface area contributed by atoms with Crippen molar-refractivity contribution in [3.05, 3.63) is 42.3 Å². The van der Waals surface area contributed by atoms with Gasteiger partial charge in [0.2, 0.25) is 5.89 Å². The molecular weight excluding hydrogens is 204 g/mol. The van der Waals surface area contributed by atoms with E-state index in [-0.39, 0.29) is 5.78 Å². The second-order valence-corrected chi connectivity index (χ2v) is 3.57. The molecule has 82 valence electrons. The molecule has 1 aromatic heterocycles. The number of ketones is 1. The number of nitrogens with zero attached hydrogens (tertiary/aromatic N) is 1. The Kier molecular flexibility index (Phi) is 2.83. The Bertz CT molecular complexity index is 472. The van der Waals surface area contributed by atoms with Gasteiger partial charge in [-0.15, -0.1) is 0 Å². The zero-order valence-corrected chi connectivity index (χ0v) is 8.88. The molecule has 0 saturated carbocycles. The third kappa shape index (κ3) is 2.01. The first kappa shape index (κ1) is 10.6. The summed E-state index contributed by atoms with van der Waals surface area (Å²) in [5, 5.41) is 0. The number of hydrogen-bond donors (Lipinski definition) is 1. The molecule has 0 aliphatic rings. The molecular formula is C12H12N2O2. The summed E-state index contributed by atoms with van der Waals surface area (Å²) in [6.07, 6.45) is 3.09. The standard InChI is InChI=1S/C12H12N2O2/c1-8(13)11(15)9-2-4-10(5-3-9)12-14-6-7-16-12/h2-8H,13H2,1H3. The average molecular weight is 216 g/mol. The second-order valence-electron chi connectivity index (χ2n) is 3.57. The maximum atomic E-state index is 11.6. The molecule has 0 aliphatic heterocycles. The van der Waals surface area contributed by atoms with Crippen LogP contribution in [-0.2, 0) is 0 Å². The van der Waals surface area contributed by atoms with Gasteiger partial charge in [0, 0.05) is 11.1 Å². The first-order valence-electron chi connectivity index (χ1n) is 4.98. The van der Waals surface area contributed by atoms with Crippen molar-refractivity contribution in [3.8, 4) is 11.5 Å². The highest BCUT2D eigenvalue weighted by Crippen LogP contribution is 2.17. The lowest BCUT2D eigenvalue weighted by Crippen LogP contribution is -2.26. The molecule has 0 amide bonds. The summed E-state index contributed by atoms with van der Waals surface area (Å²) in [7, 11) is 0. The minimum absolute atomic E-state index is 0.0704. The van der Waals surface area contributed by atoms with Crippen molar-refractivity contribution in [2.24, 2.45) is 5.73 Å². The van der Waals surface area contributed by atoms with Gasteiger partial charge in [0.1, 0.15) is 6.26 Å². The quantitative estimate of drug-likeness (QED) is 0.795. The molecule has 0 aliphatic carbocycles. The van der Waals surface area contributed by atoms with Crippen LogP contribution in [0.1, 0.15) is 17.3 Å². The van der Waals surface area contributed by atoms with Crippen LogP contribution in [-0.4, -0.2) is 16.8 Å². The lowest BCUT2D eigenvalue weighted by Gasteiger charge is -2.04. The molecule has 2 aromatic rings. The summed E-state index contributed by atoms with van der Waals surface area (Å²) in [6.45, 7) is 1.67. The van der Waals surface area contributed by atoms with Crippen molar-refractivity contribution in [1.29, 1.82) is 0 Å². The van der Waals surface area contributed by atoms with Crippen LogP contribution >= 0.6 is 0 Å². The van der Waals surface area contributed by atoms with Gasteiger partial charge in [0.05, 0.1) is 12.2 Å². The van der Waals surface area contributed by atoms with Gasteiger partial charge in [-0.25, -0.2) is 4.98 Å². The largest absolute Gasteiger partial charge is 0.445 e. The predicted molar refractivity (Wildman–Crippen MR) is 59.9 cm³/mol. The molecule has 1 heterocycles. The van der Waals surface area contributed by atoms with Gasteiger partial charge in [0.15, 0.2) is 5.78 Å². The highest BCUT2D eigenvalue weighted by atomic mass is 16.3. The first-order chi connectivity index (χ1) is 7.68. The highest BCUT2D eigenvalue weighted by molar-refractivity contribution is 5.99. The van der Waals surface area contributed by atoms with Crippen LogP contribution < -0.4 is 5.73 Å². The molecule has 0 radical (unpaired) electrons. The first-order valence-corrected chi connectivity index (χ1v) is 4.98. The van der Waals surface area contributed by atoms with E-state index in [2.05, 4.69) is 4.98 Å². The maximum Gasteiger partial charge on any atom is 0.225 e. The van der Waals surface area contributed by atoms with Gasteiger partial charge in [-0.2, -0.15) is 0 Å². The third-order valence-electron chi connectivity index (χ3n) is 2.26. The molecule has 4 nitrogen and oxygen atoms in total. The van der Waals surface area contributed by atoms with Crippen LogP contribution in [0.25, 0.3) is 11.5 Å². The number of carbonyl (C=O) groups is 1. The smallest absolute Gasteiger partial charge is 0.225 e. The number of Topliss-reactive ketones (excluding diaryl/α,β-unsaturated/α-hetero) is 1. The van der Waals surface area contributed by atoms with Crippen molar-refractivity contribution in [3.63, 3.8) is 0 Å². The maximum absolute atomic E-state index is 11.6. The molecule has 0 bridgehead atoms. The number of aromatic nitrogens is 1. The summed E-state index contributed by atoms with van der Waals surface area (Å²) in [6, 6.07) is 6.56. The lowest BCUT2D eigenvalue weighted by molar-refractivity contribution is 0.0968. The summed E-state index contributed by atoms with van der Waals surface area (Å²) in [5.41, 5.74) is 6.96. The van der Waals surface area contributed by atoms with E-state index in [0.29, 0.717) is 11.5 Å². The van der Waals surface area contributed by atoms with E-state index in [1.807, 2.05) is 0 Å². The van der Waals surface area contributed by atoms with Crippen LogP contribution in [0.5, 0.6) is 0 Å². The van der Waals surface area contributed by atoms with E-state index in [1.165, 1.54) is 6.26 Å². The van der Waals surface area contributed by atoms with Crippen LogP contribution in [0, 0.1) is 0 Å². The van der Waals surface area contributed by atoms with Gasteiger partial charge in [-0.3, -0.25) is 4.79 Å². The Balaban J connectivity index is 2.27.